The molecule has 2 aromatic heterocycles. The number of nitrogens with two attached hydrogens (primary N) is 1. The summed E-state index contributed by atoms with van der Waals surface area (Å²) >= 11 is 0. The van der Waals surface area contributed by atoms with Crippen molar-refractivity contribution >= 4 is 36.4 Å². The molecule has 0 radical (unpaired) electrons. The summed E-state index contributed by atoms with van der Waals surface area (Å²) in [5, 5.41) is 12.0. The lowest BCUT2D eigenvalue weighted by atomic mass is 10.1. The summed E-state index contributed by atoms with van der Waals surface area (Å²) in [5.41, 5.74) is 5.18. The Morgan fingerprint density at radius 3 is 2.63 bits per heavy atom. The van der Waals surface area contributed by atoms with E-state index in [1.54, 1.807) is 17.8 Å². The van der Waals surface area contributed by atoms with E-state index in [-0.39, 0.29) is 18.5 Å². The number of fused-ring (bicyclic) bond motifs is 1. The number of nitrogens with zero attached hydrogens (tertiary/aromatic N) is 4. The minimum atomic E-state index is -3.97. The van der Waals surface area contributed by atoms with Crippen molar-refractivity contribution in [3.63, 3.8) is 0 Å². The van der Waals surface area contributed by atoms with Gasteiger partial charge in [-0.2, -0.15) is 0 Å². The maximum absolute atomic E-state index is 13.7. The van der Waals surface area contributed by atoms with E-state index < -0.39 is 43.6 Å². The molecule has 13 nitrogen and oxygen atoms in total. The van der Waals surface area contributed by atoms with Crippen molar-refractivity contribution in [2.75, 3.05) is 12.1 Å². The van der Waals surface area contributed by atoms with Crippen LogP contribution in [-0.4, -0.2) is 66.8 Å². The molecule has 1 aliphatic rings. The fourth-order valence-corrected chi connectivity index (χ4v) is 5.89. The Bertz CT molecular complexity index is 1100. The van der Waals surface area contributed by atoms with E-state index in [4.69, 9.17) is 19.7 Å². The number of rotatable bonds is 12. The molecule has 0 spiro atoms. The number of esters is 1. The van der Waals surface area contributed by atoms with Gasteiger partial charge in [-0.15, -0.1) is 0 Å². The summed E-state index contributed by atoms with van der Waals surface area (Å²) < 4.78 is 32.2. The molecule has 4 N–H and O–H groups in total. The fourth-order valence-electron chi connectivity index (χ4n) is 3.71. The summed E-state index contributed by atoms with van der Waals surface area (Å²) in [6.07, 6.45) is 4.04. The average Bonchev–Trinajstić information content (AvgIpc) is 3.43. The van der Waals surface area contributed by atoms with Crippen LogP contribution in [0.2, 0.25) is 0 Å². The van der Waals surface area contributed by atoms with E-state index in [2.05, 4.69) is 20.0 Å². The second-order valence-corrected chi connectivity index (χ2v) is 11.3. The molecule has 0 amide bonds. The lowest BCUT2D eigenvalue weighted by Gasteiger charge is -2.30. The highest BCUT2D eigenvalue weighted by Gasteiger charge is 2.40. The molecule has 0 unspecified atom stereocenters. The summed E-state index contributed by atoms with van der Waals surface area (Å²) in [7, 11) is -3.97. The number of carboxylic acid groups (broad SMARTS) is 1. The van der Waals surface area contributed by atoms with Crippen molar-refractivity contribution in [1.82, 2.24) is 24.6 Å². The molecule has 1 fully saturated rings. The number of carbonyl (C=O) groups excluding carboxylic acids is 1. The number of carboxylic acids is 1. The van der Waals surface area contributed by atoms with Gasteiger partial charge in [-0.05, 0) is 53.4 Å². The van der Waals surface area contributed by atoms with Crippen molar-refractivity contribution < 1.29 is 33.3 Å². The second-order valence-electron chi connectivity index (χ2n) is 9.24. The normalized spacial score (nSPS) is 18.3. The van der Waals surface area contributed by atoms with Crippen LogP contribution in [0.4, 0.5) is 5.82 Å². The van der Waals surface area contributed by atoms with Gasteiger partial charge in [0, 0.05) is 0 Å². The maximum Gasteiger partial charge on any atom is 0.335 e. The van der Waals surface area contributed by atoms with Crippen LogP contribution in [0.1, 0.15) is 53.4 Å². The molecule has 0 aromatic carbocycles. The van der Waals surface area contributed by atoms with Gasteiger partial charge < -0.3 is 29.4 Å². The van der Waals surface area contributed by atoms with Crippen molar-refractivity contribution in [3.05, 3.63) is 12.7 Å². The van der Waals surface area contributed by atoms with Gasteiger partial charge in [0.25, 0.3) is 7.52 Å². The van der Waals surface area contributed by atoms with Gasteiger partial charge in [0.15, 0.2) is 17.6 Å². The highest BCUT2D eigenvalue weighted by Crippen LogP contribution is 2.46. The lowest BCUT2D eigenvalue weighted by molar-refractivity contribution is -0.156. The third-order valence-corrected chi connectivity index (χ3v) is 7.69. The zero-order valence-electron chi connectivity index (χ0n) is 20.3. The standard InChI is InChI=1S/C21H33N6O7P/c1-13(9-27-11-25-16-17(22)23-10-24-18(16)27)32-12-35(31,26-21(3,4)20(29)30)34-14(2)19(28)33-15-7-5-6-8-15/h10-11,13-15H,5-9,12H2,1-4H3,(H,26,31)(H,29,30)(H2,22,23,24)/t13-,14+,35-/m1/s1. The second kappa shape index (κ2) is 11.0. The smallest absolute Gasteiger partial charge is 0.335 e. The Morgan fingerprint density at radius 2 is 1.97 bits per heavy atom. The SMILES string of the molecule is C[C@H](Cn1cnc2c(N)ncnc21)OC[P@](=O)(NC(C)(C)C(=O)O)O[C@@H](C)C(=O)OC1CCCC1. The predicted octanol–water partition coefficient (Wildman–Crippen LogP) is 2.31. The van der Waals surface area contributed by atoms with Crippen LogP contribution in [0.15, 0.2) is 12.7 Å². The van der Waals surface area contributed by atoms with Crippen LogP contribution >= 0.6 is 7.52 Å². The average molecular weight is 513 g/mol. The molecule has 3 rings (SSSR count). The van der Waals surface area contributed by atoms with Crippen LogP contribution < -0.4 is 10.8 Å². The van der Waals surface area contributed by atoms with Crippen LogP contribution in [0.5, 0.6) is 0 Å². The molecular weight excluding hydrogens is 479 g/mol. The molecule has 2 aromatic rings. The van der Waals surface area contributed by atoms with Crippen molar-refractivity contribution in [2.24, 2.45) is 0 Å². The van der Waals surface area contributed by atoms with Gasteiger partial charge in [0.2, 0.25) is 0 Å². The number of hydrogen-bond acceptors (Lipinski definition) is 10. The van der Waals surface area contributed by atoms with Crippen molar-refractivity contribution in [3.8, 4) is 0 Å². The summed E-state index contributed by atoms with van der Waals surface area (Å²) in [6, 6.07) is 0. The van der Waals surface area contributed by atoms with E-state index in [1.807, 2.05) is 0 Å². The molecule has 1 saturated carbocycles. The van der Waals surface area contributed by atoms with E-state index in [9.17, 15) is 19.3 Å². The van der Waals surface area contributed by atoms with Crippen LogP contribution in [0.3, 0.4) is 0 Å². The van der Waals surface area contributed by atoms with E-state index in [1.165, 1.54) is 27.1 Å². The maximum atomic E-state index is 13.7. The topological polar surface area (TPSA) is 181 Å². The highest BCUT2D eigenvalue weighted by atomic mass is 31.2. The largest absolute Gasteiger partial charge is 0.480 e. The molecule has 0 aliphatic heterocycles. The first kappa shape index (κ1) is 27.0. The predicted molar refractivity (Wildman–Crippen MR) is 127 cm³/mol. The van der Waals surface area contributed by atoms with Gasteiger partial charge in [-0.25, -0.2) is 24.8 Å². The Kier molecular flexibility index (Phi) is 8.47. The molecule has 35 heavy (non-hydrogen) atoms. The Morgan fingerprint density at radius 1 is 1.29 bits per heavy atom. The Hall–Kier alpha value is -2.60. The zero-order valence-corrected chi connectivity index (χ0v) is 21.2. The monoisotopic (exact) mass is 512 g/mol. The third-order valence-electron chi connectivity index (χ3n) is 5.64. The molecule has 3 atom stereocenters. The van der Waals surface area contributed by atoms with Gasteiger partial charge >= 0.3 is 11.9 Å². The molecule has 14 heteroatoms. The molecule has 0 saturated heterocycles. The first-order chi connectivity index (χ1) is 16.4. The molecular formula is C21H33N6O7P. The van der Waals surface area contributed by atoms with Crippen LogP contribution in [0, 0.1) is 0 Å². The van der Waals surface area contributed by atoms with Gasteiger partial charge in [0.1, 0.15) is 29.8 Å². The number of imidazole rings is 1. The number of aromatic nitrogens is 4. The highest BCUT2D eigenvalue weighted by molar-refractivity contribution is 7.56. The van der Waals surface area contributed by atoms with Crippen LogP contribution in [-0.2, 0) is 34.7 Å². The van der Waals surface area contributed by atoms with Gasteiger partial charge in [0.05, 0.1) is 19.0 Å². The summed E-state index contributed by atoms with van der Waals surface area (Å²) in [6.45, 7) is 6.13. The molecule has 2 heterocycles. The van der Waals surface area contributed by atoms with Crippen LogP contribution in [0.25, 0.3) is 11.2 Å². The minimum absolute atomic E-state index is 0.185. The summed E-state index contributed by atoms with van der Waals surface area (Å²) in [5.74, 6) is -1.64. The Labute approximate surface area is 203 Å². The molecule has 0 bridgehead atoms. The van der Waals surface area contributed by atoms with E-state index >= 15 is 0 Å². The van der Waals surface area contributed by atoms with Crippen molar-refractivity contribution in [2.45, 2.75) is 83.8 Å². The minimum Gasteiger partial charge on any atom is -0.480 e. The molecule has 194 valence electrons. The zero-order chi connectivity index (χ0) is 25.8. The number of nitrogens with one attached hydrogen (secondary N) is 1. The first-order valence-electron chi connectivity index (χ1n) is 11.4. The number of carbonyl (C=O) groups is 2. The number of ether oxygens (including phenoxy) is 2. The lowest BCUT2D eigenvalue weighted by Crippen LogP contribution is -2.46. The number of anilines is 1. The first-order valence-corrected chi connectivity index (χ1v) is 13.2. The van der Waals surface area contributed by atoms with Gasteiger partial charge in [-0.3, -0.25) is 9.36 Å². The number of aliphatic carboxylic acids is 1. The number of nitrogen functional groups attached to an aromatic ring is 1. The van der Waals surface area contributed by atoms with Gasteiger partial charge in [-0.1, -0.05) is 0 Å². The molecule has 1 aliphatic carbocycles. The Balaban J connectivity index is 1.68. The third kappa shape index (κ3) is 6.97. The van der Waals surface area contributed by atoms with E-state index in [0.717, 1.165) is 25.7 Å². The quantitative estimate of drug-likeness (QED) is 0.279. The van der Waals surface area contributed by atoms with E-state index in [0.29, 0.717) is 11.2 Å². The number of hydrogen-bond donors (Lipinski definition) is 3. The fraction of sp³-hybridized carbons (Fsp3) is 0.667. The summed E-state index contributed by atoms with van der Waals surface area (Å²) in [4.78, 5) is 36.4. The van der Waals surface area contributed by atoms with Crippen molar-refractivity contribution in [1.29, 1.82) is 0 Å².